The van der Waals surface area contributed by atoms with Crippen molar-refractivity contribution in [2.45, 2.75) is 13.0 Å². The summed E-state index contributed by atoms with van der Waals surface area (Å²) in [6.45, 7) is 2.05. The summed E-state index contributed by atoms with van der Waals surface area (Å²) in [4.78, 5) is 0. The number of fused-ring (bicyclic) bond motifs is 3. The fraction of sp³-hybridized carbons (Fsp3) is 0.143. The third-order valence-electron chi connectivity index (χ3n) is 2.83. The molecule has 80 valence electrons. The van der Waals surface area contributed by atoms with Crippen LogP contribution in [0.4, 0.5) is 0 Å². The highest BCUT2D eigenvalue weighted by molar-refractivity contribution is 9.10. The maximum Gasteiger partial charge on any atom is 0.128 e. The van der Waals surface area contributed by atoms with Gasteiger partial charge in [-0.2, -0.15) is 0 Å². The number of hydrogen-bond acceptors (Lipinski definition) is 1. The van der Waals surface area contributed by atoms with Crippen molar-refractivity contribution in [2.24, 2.45) is 0 Å². The van der Waals surface area contributed by atoms with Crippen molar-refractivity contribution in [3.63, 3.8) is 0 Å². The average molecular weight is 275 g/mol. The highest BCUT2D eigenvalue weighted by Gasteiger charge is 2.13. The highest BCUT2D eigenvalue weighted by Crippen LogP contribution is 2.33. The average Bonchev–Trinajstić information content (AvgIpc) is 2.28. The van der Waals surface area contributed by atoms with E-state index in [4.69, 9.17) is 4.74 Å². The number of ether oxygens (including phenoxy) is 1. The van der Waals surface area contributed by atoms with Crippen LogP contribution in [0.2, 0.25) is 0 Å². The van der Waals surface area contributed by atoms with Crippen LogP contribution in [-0.2, 0) is 0 Å². The van der Waals surface area contributed by atoms with Gasteiger partial charge in [0.25, 0.3) is 0 Å². The summed E-state index contributed by atoms with van der Waals surface area (Å²) >= 11 is 3.49. The molecule has 1 atom stereocenters. The van der Waals surface area contributed by atoms with Crippen LogP contribution in [0.5, 0.6) is 5.75 Å². The fourth-order valence-corrected chi connectivity index (χ4v) is 2.43. The molecule has 2 heteroatoms. The van der Waals surface area contributed by atoms with E-state index in [1.54, 1.807) is 0 Å². The van der Waals surface area contributed by atoms with E-state index in [0.717, 1.165) is 10.2 Å². The monoisotopic (exact) mass is 274 g/mol. The maximum atomic E-state index is 5.77. The Morgan fingerprint density at radius 2 is 2.06 bits per heavy atom. The minimum Gasteiger partial charge on any atom is -0.486 e. The molecule has 0 amide bonds. The number of hydrogen-bond donors (Lipinski definition) is 0. The maximum absolute atomic E-state index is 5.77. The van der Waals surface area contributed by atoms with Crippen LogP contribution in [0, 0.1) is 0 Å². The van der Waals surface area contributed by atoms with Gasteiger partial charge in [0, 0.05) is 10.0 Å². The molecule has 1 heterocycles. The van der Waals surface area contributed by atoms with Crippen LogP contribution < -0.4 is 4.74 Å². The van der Waals surface area contributed by atoms with Crippen LogP contribution in [0.25, 0.3) is 16.8 Å². The van der Waals surface area contributed by atoms with Gasteiger partial charge in [-0.25, -0.2) is 0 Å². The first-order valence-corrected chi connectivity index (χ1v) is 6.10. The van der Waals surface area contributed by atoms with Gasteiger partial charge in [0.15, 0.2) is 0 Å². The predicted molar refractivity (Wildman–Crippen MR) is 70.8 cm³/mol. The Balaban J connectivity index is 2.31. The molecule has 0 aliphatic carbocycles. The lowest BCUT2D eigenvalue weighted by Gasteiger charge is -2.19. The summed E-state index contributed by atoms with van der Waals surface area (Å²) in [6.07, 6.45) is 4.41. The van der Waals surface area contributed by atoms with Crippen molar-refractivity contribution in [3.8, 4) is 5.75 Å². The first kappa shape index (κ1) is 9.91. The van der Waals surface area contributed by atoms with Gasteiger partial charge in [0.05, 0.1) is 0 Å². The van der Waals surface area contributed by atoms with Crippen molar-refractivity contribution < 1.29 is 4.74 Å². The molecular weight excluding hydrogens is 264 g/mol. The second-order valence-electron chi connectivity index (χ2n) is 4.02. The summed E-state index contributed by atoms with van der Waals surface area (Å²) in [7, 11) is 0. The minimum absolute atomic E-state index is 0.167. The second-order valence-corrected chi connectivity index (χ2v) is 4.94. The van der Waals surface area contributed by atoms with Gasteiger partial charge in [0.2, 0.25) is 0 Å². The predicted octanol–water partition coefficient (Wildman–Crippen LogP) is 4.40. The summed E-state index contributed by atoms with van der Waals surface area (Å²) < 4.78 is 6.88. The van der Waals surface area contributed by atoms with Crippen molar-refractivity contribution in [3.05, 3.63) is 46.4 Å². The van der Waals surface area contributed by atoms with E-state index < -0.39 is 0 Å². The molecule has 1 unspecified atom stereocenters. The van der Waals surface area contributed by atoms with Crippen LogP contribution >= 0.6 is 15.9 Å². The van der Waals surface area contributed by atoms with Gasteiger partial charge in [0.1, 0.15) is 11.9 Å². The van der Waals surface area contributed by atoms with Crippen LogP contribution in [0.3, 0.4) is 0 Å². The smallest absolute Gasteiger partial charge is 0.128 e. The van der Waals surface area contributed by atoms with Crippen molar-refractivity contribution in [1.29, 1.82) is 0 Å². The summed E-state index contributed by atoms with van der Waals surface area (Å²) in [5.41, 5.74) is 1.18. The summed E-state index contributed by atoms with van der Waals surface area (Å²) in [5, 5.41) is 2.47. The van der Waals surface area contributed by atoms with Crippen LogP contribution in [-0.4, -0.2) is 6.10 Å². The standard InChI is InChI=1S/C14H11BrO/c1-9-2-5-13-12-6-4-11(15)8-10(12)3-7-14(13)16-9/h2-9H,1H3. The lowest BCUT2D eigenvalue weighted by molar-refractivity contribution is 0.266. The Bertz CT molecular complexity index is 587. The van der Waals surface area contributed by atoms with E-state index in [9.17, 15) is 0 Å². The Hall–Kier alpha value is -1.28. The lowest BCUT2D eigenvalue weighted by atomic mass is 10.0. The van der Waals surface area contributed by atoms with E-state index in [-0.39, 0.29) is 6.10 Å². The molecule has 0 saturated heterocycles. The van der Waals surface area contributed by atoms with Gasteiger partial charge >= 0.3 is 0 Å². The molecular formula is C14H11BrO. The first-order valence-electron chi connectivity index (χ1n) is 5.31. The molecule has 0 saturated carbocycles. The van der Waals surface area contributed by atoms with E-state index in [2.05, 4.69) is 52.3 Å². The lowest BCUT2D eigenvalue weighted by Crippen LogP contribution is -2.12. The quantitative estimate of drug-likeness (QED) is 0.692. The Morgan fingerprint density at radius 3 is 2.94 bits per heavy atom. The molecule has 0 radical (unpaired) electrons. The third-order valence-corrected chi connectivity index (χ3v) is 3.32. The second kappa shape index (κ2) is 3.63. The third kappa shape index (κ3) is 1.54. The van der Waals surface area contributed by atoms with E-state index in [1.165, 1.54) is 16.3 Å². The van der Waals surface area contributed by atoms with Gasteiger partial charge in [-0.3, -0.25) is 0 Å². The SMILES string of the molecule is CC1C=Cc2c(ccc3cc(Br)ccc23)O1. The first-order chi connectivity index (χ1) is 7.74. The molecule has 0 N–H and O–H groups in total. The Morgan fingerprint density at radius 1 is 1.19 bits per heavy atom. The van der Waals surface area contributed by atoms with E-state index >= 15 is 0 Å². The molecule has 0 fully saturated rings. The topological polar surface area (TPSA) is 9.23 Å². The zero-order valence-electron chi connectivity index (χ0n) is 8.91. The zero-order chi connectivity index (χ0) is 11.1. The molecule has 2 aromatic carbocycles. The van der Waals surface area contributed by atoms with Crippen molar-refractivity contribution in [1.82, 2.24) is 0 Å². The van der Waals surface area contributed by atoms with Crippen LogP contribution in [0.15, 0.2) is 40.9 Å². The molecule has 0 spiro atoms. The fourth-order valence-electron chi connectivity index (χ4n) is 2.05. The summed E-state index contributed by atoms with van der Waals surface area (Å²) in [5.74, 6) is 0.977. The molecule has 2 aromatic rings. The van der Waals surface area contributed by atoms with Gasteiger partial charge in [-0.05, 0) is 42.0 Å². The summed E-state index contributed by atoms with van der Waals surface area (Å²) in [6, 6.07) is 10.5. The molecule has 1 nitrogen and oxygen atoms in total. The molecule has 1 aliphatic rings. The molecule has 3 rings (SSSR count). The number of rotatable bonds is 0. The van der Waals surface area contributed by atoms with E-state index in [0.29, 0.717) is 0 Å². The molecule has 0 bridgehead atoms. The van der Waals surface area contributed by atoms with E-state index in [1.807, 2.05) is 13.0 Å². The normalized spacial score (nSPS) is 18.2. The Kier molecular flexibility index (Phi) is 2.25. The van der Waals surface area contributed by atoms with Gasteiger partial charge < -0.3 is 4.74 Å². The zero-order valence-corrected chi connectivity index (χ0v) is 10.5. The Labute approximate surface area is 103 Å². The van der Waals surface area contributed by atoms with Gasteiger partial charge in [-0.15, -0.1) is 0 Å². The largest absolute Gasteiger partial charge is 0.486 e. The number of benzene rings is 2. The number of halogens is 1. The minimum atomic E-state index is 0.167. The molecule has 16 heavy (non-hydrogen) atoms. The molecule has 0 aromatic heterocycles. The van der Waals surface area contributed by atoms with Crippen LogP contribution in [0.1, 0.15) is 12.5 Å². The highest BCUT2D eigenvalue weighted by atomic mass is 79.9. The molecule has 1 aliphatic heterocycles. The van der Waals surface area contributed by atoms with Crippen molar-refractivity contribution in [2.75, 3.05) is 0 Å². The van der Waals surface area contributed by atoms with Gasteiger partial charge in [-0.1, -0.05) is 34.1 Å². The van der Waals surface area contributed by atoms with Crippen molar-refractivity contribution >= 4 is 32.8 Å².